The fourth-order valence-corrected chi connectivity index (χ4v) is 2.09. The molecule has 0 aromatic carbocycles. The monoisotopic (exact) mass is 323 g/mol. The maximum atomic E-state index is 12.6. The molecule has 2 aromatic rings. The molecule has 0 fully saturated rings. The summed E-state index contributed by atoms with van der Waals surface area (Å²) in [5, 5.41) is 6.17. The Balaban J connectivity index is 2.15. The van der Waals surface area contributed by atoms with E-state index in [2.05, 4.69) is 20.1 Å². The number of rotatable bonds is 5. The molecule has 11 heteroatoms. The third-order valence-electron chi connectivity index (χ3n) is 2.46. The molecule has 2 heterocycles. The van der Waals surface area contributed by atoms with Gasteiger partial charge in [-0.25, -0.2) is 22.6 Å². The van der Waals surface area contributed by atoms with Crippen LogP contribution in [0.25, 0.3) is 5.52 Å². The highest BCUT2D eigenvalue weighted by Crippen LogP contribution is 2.29. The lowest BCUT2D eigenvalue weighted by Crippen LogP contribution is -2.27. The second-order valence-electron chi connectivity index (χ2n) is 4.23. The minimum absolute atomic E-state index is 0.0852. The zero-order valence-corrected chi connectivity index (χ0v) is 11.7. The van der Waals surface area contributed by atoms with Crippen molar-refractivity contribution in [1.29, 1.82) is 0 Å². The van der Waals surface area contributed by atoms with Crippen LogP contribution in [0.5, 0.6) is 0 Å². The Morgan fingerprint density at radius 1 is 1.33 bits per heavy atom. The van der Waals surface area contributed by atoms with Gasteiger partial charge in [-0.1, -0.05) is 0 Å². The number of sulfonamides is 1. The highest BCUT2D eigenvalue weighted by atomic mass is 32.2. The molecule has 0 saturated carbocycles. The van der Waals surface area contributed by atoms with E-state index in [1.165, 1.54) is 12.4 Å². The molecule has 0 amide bonds. The summed E-state index contributed by atoms with van der Waals surface area (Å²) in [6, 6.07) is 0.874. The third-order valence-corrected chi connectivity index (χ3v) is 3.19. The van der Waals surface area contributed by atoms with Gasteiger partial charge in [-0.15, -0.1) is 0 Å². The molecule has 0 aliphatic heterocycles. The minimum atomic E-state index is -4.54. The first kappa shape index (κ1) is 15.5. The Hall–Kier alpha value is -1.88. The van der Waals surface area contributed by atoms with Crippen molar-refractivity contribution in [3.05, 3.63) is 24.2 Å². The second-order valence-corrected chi connectivity index (χ2v) is 6.06. The summed E-state index contributed by atoms with van der Waals surface area (Å²) in [4.78, 5) is 3.92. The van der Waals surface area contributed by atoms with Crippen molar-refractivity contribution < 1.29 is 21.6 Å². The van der Waals surface area contributed by atoms with Crippen molar-refractivity contribution in [1.82, 2.24) is 19.3 Å². The highest BCUT2D eigenvalue weighted by Gasteiger charge is 2.34. The van der Waals surface area contributed by atoms with Gasteiger partial charge in [0.25, 0.3) is 0 Å². The Morgan fingerprint density at radius 3 is 2.67 bits per heavy atom. The van der Waals surface area contributed by atoms with Crippen LogP contribution in [-0.4, -0.2) is 42.4 Å². The second kappa shape index (κ2) is 5.48. The maximum absolute atomic E-state index is 12.6. The average molecular weight is 323 g/mol. The van der Waals surface area contributed by atoms with Gasteiger partial charge < -0.3 is 5.32 Å². The van der Waals surface area contributed by atoms with E-state index in [1.54, 1.807) is 0 Å². The smallest absolute Gasteiger partial charge is 0.367 e. The van der Waals surface area contributed by atoms with Crippen molar-refractivity contribution in [3.63, 3.8) is 0 Å². The third kappa shape index (κ3) is 4.04. The average Bonchev–Trinajstić information content (AvgIpc) is 2.77. The summed E-state index contributed by atoms with van der Waals surface area (Å²) >= 11 is 0. The van der Waals surface area contributed by atoms with E-state index >= 15 is 0 Å². The van der Waals surface area contributed by atoms with Crippen LogP contribution in [0.1, 0.15) is 5.69 Å². The van der Waals surface area contributed by atoms with Crippen LogP contribution in [0.15, 0.2) is 18.5 Å². The van der Waals surface area contributed by atoms with Crippen molar-refractivity contribution in [2.75, 3.05) is 24.7 Å². The first-order valence-corrected chi connectivity index (χ1v) is 7.66. The van der Waals surface area contributed by atoms with Crippen LogP contribution in [0.3, 0.4) is 0 Å². The summed E-state index contributed by atoms with van der Waals surface area (Å²) in [6.45, 7) is 0.258. The first-order chi connectivity index (χ1) is 9.67. The number of nitrogens with zero attached hydrogens (tertiary/aromatic N) is 3. The number of aromatic nitrogens is 3. The molecule has 0 atom stereocenters. The number of halogens is 3. The Bertz CT molecular complexity index is 741. The molecule has 0 saturated heterocycles. The number of nitrogens with one attached hydrogen (secondary N) is 2. The largest absolute Gasteiger partial charge is 0.435 e. The molecular weight excluding hydrogens is 311 g/mol. The molecule has 0 radical (unpaired) electrons. The molecular formula is C10H12F3N5O2S. The summed E-state index contributed by atoms with van der Waals surface area (Å²) < 4.78 is 62.9. The van der Waals surface area contributed by atoms with Gasteiger partial charge in [0, 0.05) is 31.5 Å². The fraction of sp³-hybridized carbons (Fsp3) is 0.400. The van der Waals surface area contributed by atoms with Gasteiger partial charge in [-0.2, -0.15) is 18.3 Å². The number of anilines is 1. The molecule has 116 valence electrons. The molecule has 0 spiro atoms. The first-order valence-electron chi connectivity index (χ1n) is 5.77. The van der Waals surface area contributed by atoms with Crippen molar-refractivity contribution in [3.8, 4) is 0 Å². The summed E-state index contributed by atoms with van der Waals surface area (Å²) in [7, 11) is -3.31. The SMILES string of the molecule is CS(=O)(=O)NCCNc1nccn2nc(C(F)(F)F)cc12. The van der Waals surface area contributed by atoms with E-state index in [9.17, 15) is 21.6 Å². The van der Waals surface area contributed by atoms with Crippen LogP contribution >= 0.6 is 0 Å². The lowest BCUT2D eigenvalue weighted by molar-refractivity contribution is -0.141. The van der Waals surface area contributed by atoms with E-state index in [4.69, 9.17) is 0 Å². The number of fused-ring (bicyclic) bond motifs is 1. The zero-order valence-electron chi connectivity index (χ0n) is 10.8. The molecule has 2 N–H and O–H groups in total. The topological polar surface area (TPSA) is 88.4 Å². The molecule has 0 aliphatic rings. The number of hydrogen-bond acceptors (Lipinski definition) is 5. The number of hydrogen-bond donors (Lipinski definition) is 2. The van der Waals surface area contributed by atoms with E-state index in [1.807, 2.05) is 0 Å². The van der Waals surface area contributed by atoms with Gasteiger partial charge in [0.1, 0.15) is 5.52 Å². The minimum Gasteiger partial charge on any atom is -0.367 e. The van der Waals surface area contributed by atoms with E-state index in [0.29, 0.717) is 0 Å². The van der Waals surface area contributed by atoms with Crippen molar-refractivity contribution >= 4 is 21.4 Å². The van der Waals surface area contributed by atoms with Gasteiger partial charge in [0.15, 0.2) is 11.5 Å². The van der Waals surface area contributed by atoms with Gasteiger partial charge >= 0.3 is 6.18 Å². The molecule has 2 rings (SSSR count). The predicted molar refractivity (Wildman–Crippen MR) is 69.3 cm³/mol. The van der Waals surface area contributed by atoms with E-state index in [-0.39, 0.29) is 24.4 Å². The Kier molecular flexibility index (Phi) is 4.05. The number of alkyl halides is 3. The normalized spacial score (nSPS) is 12.8. The van der Waals surface area contributed by atoms with Gasteiger partial charge in [-0.3, -0.25) is 0 Å². The van der Waals surface area contributed by atoms with E-state index in [0.717, 1.165) is 16.8 Å². The lowest BCUT2D eigenvalue weighted by Gasteiger charge is -2.06. The zero-order chi connectivity index (χ0) is 15.7. The fourth-order valence-electron chi connectivity index (χ4n) is 1.61. The van der Waals surface area contributed by atoms with E-state index < -0.39 is 21.9 Å². The molecule has 21 heavy (non-hydrogen) atoms. The molecule has 7 nitrogen and oxygen atoms in total. The standard InChI is InChI=1S/C10H12F3N5O2S/c1-21(19,20)16-3-2-14-9-7-6-8(10(11,12)13)17-18(7)5-4-15-9/h4-6,16H,2-3H2,1H3,(H,14,15). The van der Waals surface area contributed by atoms with Crippen molar-refractivity contribution in [2.45, 2.75) is 6.18 Å². The van der Waals surface area contributed by atoms with Gasteiger partial charge in [0.2, 0.25) is 10.0 Å². The summed E-state index contributed by atoms with van der Waals surface area (Å²) in [6.07, 6.45) is -0.934. The summed E-state index contributed by atoms with van der Waals surface area (Å²) in [5.41, 5.74) is -0.864. The summed E-state index contributed by atoms with van der Waals surface area (Å²) in [5.74, 6) is 0.191. The Morgan fingerprint density at radius 2 is 2.05 bits per heavy atom. The highest BCUT2D eigenvalue weighted by molar-refractivity contribution is 7.88. The predicted octanol–water partition coefficient (Wildman–Crippen LogP) is 0.709. The molecule has 0 bridgehead atoms. The van der Waals surface area contributed by atoms with Gasteiger partial charge in [-0.05, 0) is 0 Å². The van der Waals surface area contributed by atoms with Crippen LogP contribution in [0.4, 0.5) is 19.0 Å². The van der Waals surface area contributed by atoms with Crippen LogP contribution in [-0.2, 0) is 16.2 Å². The van der Waals surface area contributed by atoms with Crippen LogP contribution < -0.4 is 10.0 Å². The maximum Gasteiger partial charge on any atom is 0.435 e. The molecule has 0 unspecified atom stereocenters. The van der Waals surface area contributed by atoms with Gasteiger partial charge in [0.05, 0.1) is 6.26 Å². The van der Waals surface area contributed by atoms with Crippen LogP contribution in [0, 0.1) is 0 Å². The molecule has 2 aromatic heterocycles. The molecule has 0 aliphatic carbocycles. The quantitative estimate of drug-likeness (QED) is 0.791. The van der Waals surface area contributed by atoms with Crippen molar-refractivity contribution in [2.24, 2.45) is 0 Å². The van der Waals surface area contributed by atoms with Crippen LogP contribution in [0.2, 0.25) is 0 Å². The Labute approximate surface area is 118 Å². The lowest BCUT2D eigenvalue weighted by atomic mass is 10.3.